The van der Waals surface area contributed by atoms with Crippen molar-refractivity contribution >= 4 is 27.4 Å². The second kappa shape index (κ2) is 11.8. The van der Waals surface area contributed by atoms with Gasteiger partial charge < -0.3 is 14.5 Å². The van der Waals surface area contributed by atoms with Crippen LogP contribution in [0.3, 0.4) is 0 Å². The van der Waals surface area contributed by atoms with E-state index in [0.29, 0.717) is 66.7 Å². The minimum absolute atomic E-state index is 0.249. The summed E-state index contributed by atoms with van der Waals surface area (Å²) in [7, 11) is -3.64. The number of benzene rings is 2. The zero-order valence-electron chi connectivity index (χ0n) is 22.9. The number of carbonyl (C=O) groups is 1. The smallest absolute Gasteiger partial charge is 0.310 e. The first-order chi connectivity index (χ1) is 19.3. The SMILES string of the molecule is CCOC(=O)C1CCCN(c2c(N3CCN(S(=O)(=O)c4ccccc4C)CC3)cnn(-c3ccccc3)c2=O)C1. The minimum Gasteiger partial charge on any atom is -0.466 e. The van der Waals surface area contributed by atoms with Gasteiger partial charge in [0.25, 0.3) is 5.56 Å². The molecule has 2 fully saturated rings. The van der Waals surface area contributed by atoms with E-state index < -0.39 is 10.0 Å². The number of piperazine rings is 1. The van der Waals surface area contributed by atoms with Crippen LogP contribution in [0.5, 0.6) is 0 Å². The van der Waals surface area contributed by atoms with Gasteiger partial charge in [-0.05, 0) is 50.5 Å². The highest BCUT2D eigenvalue weighted by atomic mass is 32.2. The Hall–Kier alpha value is -3.70. The number of ether oxygens (including phenoxy) is 1. The van der Waals surface area contributed by atoms with E-state index >= 15 is 0 Å². The van der Waals surface area contributed by atoms with Crippen molar-refractivity contribution in [1.82, 2.24) is 14.1 Å². The Morgan fingerprint density at radius 1 is 0.975 bits per heavy atom. The van der Waals surface area contributed by atoms with Crippen molar-refractivity contribution in [1.29, 1.82) is 0 Å². The molecule has 11 heteroatoms. The molecule has 2 aliphatic rings. The number of piperidine rings is 1. The highest BCUT2D eigenvalue weighted by Crippen LogP contribution is 2.31. The van der Waals surface area contributed by atoms with Gasteiger partial charge in [0, 0.05) is 39.3 Å². The van der Waals surface area contributed by atoms with Crippen LogP contribution in [0.4, 0.5) is 11.4 Å². The Morgan fingerprint density at radius 2 is 1.68 bits per heavy atom. The molecule has 2 aromatic carbocycles. The van der Waals surface area contributed by atoms with Gasteiger partial charge in [-0.15, -0.1) is 0 Å². The molecule has 0 saturated carbocycles. The van der Waals surface area contributed by atoms with Crippen molar-refractivity contribution in [3.63, 3.8) is 0 Å². The number of hydrogen-bond donors (Lipinski definition) is 0. The van der Waals surface area contributed by atoms with Crippen LogP contribution in [0.1, 0.15) is 25.3 Å². The van der Waals surface area contributed by atoms with Crippen molar-refractivity contribution in [2.45, 2.75) is 31.6 Å². The third-order valence-electron chi connectivity index (χ3n) is 7.58. The molecule has 212 valence electrons. The van der Waals surface area contributed by atoms with Crippen molar-refractivity contribution in [3.05, 3.63) is 76.7 Å². The molecular weight excluding hydrogens is 530 g/mol. The summed E-state index contributed by atoms with van der Waals surface area (Å²) in [6.07, 6.45) is 3.14. The van der Waals surface area contributed by atoms with Crippen molar-refractivity contribution < 1.29 is 17.9 Å². The average molecular weight is 566 g/mol. The molecule has 3 heterocycles. The summed E-state index contributed by atoms with van der Waals surface area (Å²) in [5, 5.41) is 4.50. The lowest BCUT2D eigenvalue weighted by atomic mass is 9.97. The average Bonchev–Trinajstić information content (AvgIpc) is 2.98. The molecule has 1 unspecified atom stereocenters. The number of sulfonamides is 1. The Balaban J connectivity index is 1.46. The van der Waals surface area contributed by atoms with Crippen LogP contribution in [0.15, 0.2) is 70.5 Å². The molecule has 3 aromatic rings. The first-order valence-electron chi connectivity index (χ1n) is 13.7. The molecule has 0 spiro atoms. The largest absolute Gasteiger partial charge is 0.466 e. The van der Waals surface area contributed by atoms with E-state index in [2.05, 4.69) is 5.10 Å². The van der Waals surface area contributed by atoms with E-state index in [4.69, 9.17) is 4.74 Å². The Kier molecular flexibility index (Phi) is 8.22. The molecule has 2 aliphatic heterocycles. The number of rotatable bonds is 7. The second-order valence-corrected chi connectivity index (χ2v) is 12.0. The van der Waals surface area contributed by atoms with Crippen LogP contribution in [0, 0.1) is 12.8 Å². The number of nitrogens with zero attached hydrogens (tertiary/aromatic N) is 5. The first kappa shape index (κ1) is 27.9. The van der Waals surface area contributed by atoms with E-state index in [1.54, 1.807) is 38.2 Å². The maximum Gasteiger partial charge on any atom is 0.310 e. The Bertz CT molecular complexity index is 1520. The van der Waals surface area contributed by atoms with Gasteiger partial charge in [-0.1, -0.05) is 36.4 Å². The van der Waals surface area contributed by atoms with Gasteiger partial charge in [-0.2, -0.15) is 14.1 Å². The normalized spacial score (nSPS) is 18.5. The molecule has 40 heavy (non-hydrogen) atoms. The lowest BCUT2D eigenvalue weighted by molar-refractivity contribution is -0.148. The van der Waals surface area contributed by atoms with Crippen LogP contribution in [0.25, 0.3) is 5.69 Å². The van der Waals surface area contributed by atoms with Crippen molar-refractivity contribution in [2.24, 2.45) is 5.92 Å². The zero-order valence-corrected chi connectivity index (χ0v) is 23.7. The summed E-state index contributed by atoms with van der Waals surface area (Å²) >= 11 is 0. The molecular formula is C29H35N5O5S. The van der Waals surface area contributed by atoms with Crippen molar-refractivity contribution in [3.8, 4) is 5.69 Å². The van der Waals surface area contributed by atoms with Crippen LogP contribution in [0.2, 0.25) is 0 Å². The summed E-state index contributed by atoms with van der Waals surface area (Å²) < 4.78 is 34.9. The van der Waals surface area contributed by atoms with Crippen LogP contribution >= 0.6 is 0 Å². The molecule has 1 atom stereocenters. The highest BCUT2D eigenvalue weighted by Gasteiger charge is 2.34. The van der Waals surface area contributed by atoms with Gasteiger partial charge in [0.15, 0.2) is 0 Å². The molecule has 0 N–H and O–H groups in total. The van der Waals surface area contributed by atoms with Crippen LogP contribution in [-0.4, -0.2) is 74.3 Å². The molecule has 5 rings (SSSR count). The summed E-state index contributed by atoms with van der Waals surface area (Å²) in [6.45, 7) is 6.27. The first-order valence-corrected chi connectivity index (χ1v) is 15.2. The molecule has 1 aromatic heterocycles. The third-order valence-corrected chi connectivity index (χ3v) is 9.64. The molecule has 0 amide bonds. The van der Waals surface area contributed by atoms with E-state index in [-0.39, 0.29) is 30.5 Å². The summed E-state index contributed by atoms with van der Waals surface area (Å²) in [6, 6.07) is 16.2. The Labute approximate surface area is 234 Å². The van der Waals surface area contributed by atoms with E-state index in [0.717, 1.165) is 6.42 Å². The van der Waals surface area contributed by atoms with Gasteiger partial charge in [0.2, 0.25) is 10.0 Å². The summed E-state index contributed by atoms with van der Waals surface area (Å²) in [5.41, 5.74) is 2.21. The van der Waals surface area contributed by atoms with Gasteiger partial charge in [0.05, 0.1) is 35.0 Å². The fourth-order valence-electron chi connectivity index (χ4n) is 5.50. The summed E-state index contributed by atoms with van der Waals surface area (Å²) in [4.78, 5) is 30.9. The minimum atomic E-state index is -3.64. The number of carbonyl (C=O) groups excluding carboxylic acids is 1. The zero-order chi connectivity index (χ0) is 28.3. The number of aryl methyl sites for hydroxylation is 1. The Morgan fingerprint density at radius 3 is 2.38 bits per heavy atom. The van der Waals surface area contributed by atoms with E-state index in [9.17, 15) is 18.0 Å². The summed E-state index contributed by atoms with van der Waals surface area (Å²) in [5.74, 6) is -0.573. The fraction of sp³-hybridized carbons (Fsp3) is 0.414. The molecule has 0 aliphatic carbocycles. The molecule has 10 nitrogen and oxygen atoms in total. The van der Waals surface area contributed by atoms with Crippen molar-refractivity contribution in [2.75, 3.05) is 55.7 Å². The highest BCUT2D eigenvalue weighted by molar-refractivity contribution is 7.89. The van der Waals surface area contributed by atoms with E-state index in [1.807, 2.05) is 46.2 Å². The van der Waals surface area contributed by atoms with Gasteiger partial charge in [-0.3, -0.25) is 9.59 Å². The maximum absolute atomic E-state index is 14.0. The quantitative estimate of drug-likeness (QED) is 0.403. The molecule has 2 saturated heterocycles. The lowest BCUT2D eigenvalue weighted by Gasteiger charge is -2.39. The van der Waals surface area contributed by atoms with E-state index in [1.165, 1.54) is 8.99 Å². The predicted molar refractivity (Wildman–Crippen MR) is 154 cm³/mol. The van der Waals surface area contributed by atoms with Gasteiger partial charge in [-0.25, -0.2) is 8.42 Å². The number of aromatic nitrogens is 2. The van der Waals surface area contributed by atoms with Crippen LogP contribution < -0.4 is 15.4 Å². The number of para-hydroxylation sites is 1. The molecule has 0 radical (unpaired) electrons. The molecule has 0 bridgehead atoms. The lowest BCUT2D eigenvalue weighted by Crippen LogP contribution is -2.50. The standard InChI is InChI=1S/C29H35N5O5S/c1-3-39-29(36)23-11-9-15-32(21-23)27-25(20-30-34(28(27)35)24-12-5-4-6-13-24)31-16-18-33(19-17-31)40(37,38)26-14-8-7-10-22(26)2/h4-8,10,12-14,20,23H,3,9,11,15-19,21H2,1-2H3. The van der Waals surface area contributed by atoms with Gasteiger partial charge >= 0.3 is 5.97 Å². The fourth-order valence-corrected chi connectivity index (χ4v) is 7.15. The maximum atomic E-state index is 14.0. The topological polar surface area (TPSA) is 105 Å². The number of esters is 1. The monoisotopic (exact) mass is 565 g/mol. The number of hydrogen-bond acceptors (Lipinski definition) is 8. The predicted octanol–water partition coefficient (Wildman–Crippen LogP) is 2.83. The van der Waals surface area contributed by atoms with Gasteiger partial charge in [0.1, 0.15) is 5.69 Å². The van der Waals surface area contributed by atoms with Crippen LogP contribution in [-0.2, 0) is 19.6 Å². The third kappa shape index (κ3) is 5.48. The second-order valence-electron chi connectivity index (χ2n) is 10.1. The number of anilines is 2.